The van der Waals surface area contributed by atoms with Gasteiger partial charge in [-0.3, -0.25) is 9.97 Å². The van der Waals surface area contributed by atoms with Crippen molar-refractivity contribution in [2.75, 3.05) is 20.2 Å². The number of aromatic nitrogens is 2. The van der Waals surface area contributed by atoms with Crippen molar-refractivity contribution in [2.24, 2.45) is 0 Å². The van der Waals surface area contributed by atoms with Crippen LogP contribution in [0.25, 0.3) is 0 Å². The molecular formula is C12H20N4O2. The van der Waals surface area contributed by atoms with Gasteiger partial charge in [0.25, 0.3) is 0 Å². The summed E-state index contributed by atoms with van der Waals surface area (Å²) >= 11 is 0. The van der Waals surface area contributed by atoms with Gasteiger partial charge in [-0.05, 0) is 13.8 Å². The van der Waals surface area contributed by atoms with Crippen molar-refractivity contribution in [3.8, 4) is 0 Å². The van der Waals surface area contributed by atoms with E-state index in [0.717, 1.165) is 5.69 Å². The van der Waals surface area contributed by atoms with Crippen LogP contribution in [0.1, 0.15) is 19.5 Å². The monoisotopic (exact) mass is 252 g/mol. The number of nitrogens with zero attached hydrogens (tertiary/aromatic N) is 3. The summed E-state index contributed by atoms with van der Waals surface area (Å²) in [6.45, 7) is 5.37. The molecule has 18 heavy (non-hydrogen) atoms. The molecule has 0 bridgehead atoms. The lowest BCUT2D eigenvalue weighted by atomic mass is 10.4. The van der Waals surface area contributed by atoms with Crippen molar-refractivity contribution in [1.82, 2.24) is 20.2 Å². The first kappa shape index (κ1) is 14.4. The number of amides is 2. The third-order valence-corrected chi connectivity index (χ3v) is 2.19. The molecule has 0 unspecified atom stereocenters. The summed E-state index contributed by atoms with van der Waals surface area (Å²) in [5.41, 5.74) is 0.758. The van der Waals surface area contributed by atoms with Crippen molar-refractivity contribution in [2.45, 2.75) is 26.5 Å². The largest absolute Gasteiger partial charge is 0.377 e. The Morgan fingerprint density at radius 2 is 2.28 bits per heavy atom. The quantitative estimate of drug-likeness (QED) is 0.768. The van der Waals surface area contributed by atoms with Crippen LogP contribution >= 0.6 is 0 Å². The Balaban J connectivity index is 2.25. The minimum absolute atomic E-state index is 0.145. The highest BCUT2D eigenvalue weighted by molar-refractivity contribution is 5.73. The van der Waals surface area contributed by atoms with Crippen molar-refractivity contribution in [3.63, 3.8) is 0 Å². The van der Waals surface area contributed by atoms with E-state index in [9.17, 15) is 4.79 Å². The van der Waals surface area contributed by atoms with Gasteiger partial charge in [0.15, 0.2) is 0 Å². The van der Waals surface area contributed by atoms with E-state index in [0.29, 0.717) is 19.7 Å². The molecule has 0 aliphatic heterocycles. The first-order valence-electron chi connectivity index (χ1n) is 5.95. The van der Waals surface area contributed by atoms with Crippen LogP contribution in [0.5, 0.6) is 0 Å². The van der Waals surface area contributed by atoms with Crippen molar-refractivity contribution in [1.29, 1.82) is 0 Å². The van der Waals surface area contributed by atoms with Gasteiger partial charge in [-0.25, -0.2) is 4.79 Å². The van der Waals surface area contributed by atoms with Crippen molar-refractivity contribution in [3.05, 3.63) is 24.3 Å². The SMILES string of the molecule is CC(C)OCCNC(=O)N(C)Cc1cnccn1. The van der Waals surface area contributed by atoms with Crippen LogP contribution in [0.3, 0.4) is 0 Å². The highest BCUT2D eigenvalue weighted by Crippen LogP contribution is 1.96. The Morgan fingerprint density at radius 1 is 1.50 bits per heavy atom. The van der Waals surface area contributed by atoms with Crippen LogP contribution in [0, 0.1) is 0 Å². The maximum absolute atomic E-state index is 11.7. The predicted molar refractivity (Wildman–Crippen MR) is 68.0 cm³/mol. The molecule has 0 aliphatic rings. The van der Waals surface area contributed by atoms with Gasteiger partial charge < -0.3 is 15.0 Å². The average molecular weight is 252 g/mol. The Morgan fingerprint density at radius 3 is 2.89 bits per heavy atom. The molecule has 0 fully saturated rings. The lowest BCUT2D eigenvalue weighted by molar-refractivity contribution is 0.0809. The molecule has 0 saturated carbocycles. The summed E-state index contributed by atoms with van der Waals surface area (Å²) in [5.74, 6) is 0. The van der Waals surface area contributed by atoms with E-state index >= 15 is 0 Å². The maximum atomic E-state index is 11.7. The van der Waals surface area contributed by atoms with Crippen LogP contribution in [0.2, 0.25) is 0 Å². The van der Waals surface area contributed by atoms with Gasteiger partial charge in [-0.2, -0.15) is 0 Å². The molecule has 1 aromatic rings. The normalized spacial score (nSPS) is 10.4. The van der Waals surface area contributed by atoms with E-state index in [4.69, 9.17) is 4.74 Å². The number of carbonyl (C=O) groups excluding carboxylic acids is 1. The van der Waals surface area contributed by atoms with Gasteiger partial charge in [-0.1, -0.05) is 0 Å². The van der Waals surface area contributed by atoms with E-state index in [-0.39, 0.29) is 12.1 Å². The topological polar surface area (TPSA) is 67.3 Å². The summed E-state index contributed by atoms with van der Waals surface area (Å²) in [6.07, 6.45) is 5.04. The minimum atomic E-state index is -0.145. The van der Waals surface area contributed by atoms with Gasteiger partial charge in [0, 0.05) is 26.0 Å². The molecule has 0 radical (unpaired) electrons. The smallest absolute Gasteiger partial charge is 0.317 e. The van der Waals surface area contributed by atoms with Gasteiger partial charge in [-0.15, -0.1) is 0 Å². The molecule has 100 valence electrons. The highest BCUT2D eigenvalue weighted by atomic mass is 16.5. The molecule has 0 aliphatic carbocycles. The summed E-state index contributed by atoms with van der Waals surface area (Å²) in [5, 5.41) is 2.77. The fraction of sp³-hybridized carbons (Fsp3) is 0.583. The fourth-order valence-electron chi connectivity index (χ4n) is 1.31. The second-order valence-electron chi connectivity index (χ2n) is 4.20. The number of hydrogen-bond acceptors (Lipinski definition) is 4. The van der Waals surface area contributed by atoms with E-state index < -0.39 is 0 Å². The van der Waals surface area contributed by atoms with Gasteiger partial charge in [0.1, 0.15) is 0 Å². The van der Waals surface area contributed by atoms with Crippen molar-refractivity contribution >= 4 is 6.03 Å². The first-order valence-corrected chi connectivity index (χ1v) is 5.95. The lowest BCUT2D eigenvalue weighted by Gasteiger charge is -2.17. The van der Waals surface area contributed by atoms with Crippen LogP contribution in [-0.4, -0.2) is 47.2 Å². The van der Waals surface area contributed by atoms with E-state index in [1.54, 1.807) is 30.5 Å². The van der Waals surface area contributed by atoms with Crippen LogP contribution in [0.4, 0.5) is 4.79 Å². The first-order chi connectivity index (χ1) is 8.59. The Bertz CT molecular complexity index is 356. The molecule has 0 spiro atoms. The van der Waals surface area contributed by atoms with E-state index in [2.05, 4.69) is 15.3 Å². The van der Waals surface area contributed by atoms with Crippen LogP contribution < -0.4 is 5.32 Å². The second kappa shape index (κ2) is 7.60. The summed E-state index contributed by atoms with van der Waals surface area (Å²) in [7, 11) is 1.72. The third-order valence-electron chi connectivity index (χ3n) is 2.19. The van der Waals surface area contributed by atoms with Crippen LogP contribution in [0.15, 0.2) is 18.6 Å². The maximum Gasteiger partial charge on any atom is 0.317 e. The zero-order valence-electron chi connectivity index (χ0n) is 11.1. The number of hydrogen-bond donors (Lipinski definition) is 1. The Labute approximate surface area is 107 Å². The van der Waals surface area contributed by atoms with E-state index in [1.165, 1.54) is 0 Å². The molecule has 0 atom stereocenters. The summed E-state index contributed by atoms with van der Waals surface area (Å²) in [6, 6.07) is -0.145. The zero-order valence-corrected chi connectivity index (χ0v) is 11.1. The summed E-state index contributed by atoms with van der Waals surface area (Å²) in [4.78, 5) is 21.3. The fourth-order valence-corrected chi connectivity index (χ4v) is 1.31. The molecule has 1 aromatic heterocycles. The Hall–Kier alpha value is -1.69. The predicted octanol–water partition coefficient (Wildman–Crippen LogP) is 1.04. The molecular weight excluding hydrogens is 232 g/mol. The molecule has 6 heteroatoms. The standard InChI is InChI=1S/C12H20N4O2/c1-10(2)18-7-6-15-12(17)16(3)9-11-8-13-4-5-14-11/h4-5,8,10H,6-7,9H2,1-3H3,(H,15,17). The average Bonchev–Trinajstić information content (AvgIpc) is 2.35. The molecule has 1 rings (SSSR count). The highest BCUT2D eigenvalue weighted by Gasteiger charge is 2.08. The number of urea groups is 1. The molecule has 0 saturated heterocycles. The molecule has 1 heterocycles. The van der Waals surface area contributed by atoms with Gasteiger partial charge in [0.2, 0.25) is 0 Å². The van der Waals surface area contributed by atoms with E-state index in [1.807, 2.05) is 13.8 Å². The number of ether oxygens (including phenoxy) is 1. The van der Waals surface area contributed by atoms with Gasteiger partial charge >= 0.3 is 6.03 Å². The lowest BCUT2D eigenvalue weighted by Crippen LogP contribution is -2.38. The molecule has 1 N–H and O–H groups in total. The zero-order chi connectivity index (χ0) is 13.4. The van der Waals surface area contributed by atoms with Gasteiger partial charge in [0.05, 0.1) is 31.1 Å². The summed E-state index contributed by atoms with van der Waals surface area (Å²) < 4.78 is 5.33. The Kier molecular flexibility index (Phi) is 6.07. The second-order valence-corrected chi connectivity index (χ2v) is 4.20. The molecule has 0 aromatic carbocycles. The number of carbonyl (C=O) groups is 1. The minimum Gasteiger partial charge on any atom is -0.377 e. The third kappa shape index (κ3) is 5.58. The van der Waals surface area contributed by atoms with Crippen molar-refractivity contribution < 1.29 is 9.53 Å². The molecule has 6 nitrogen and oxygen atoms in total. The van der Waals surface area contributed by atoms with Crippen LogP contribution in [-0.2, 0) is 11.3 Å². The number of nitrogens with one attached hydrogen (secondary N) is 1. The molecule has 2 amide bonds. The number of rotatable bonds is 6.